The molecule has 4 heteroatoms. The third-order valence-corrected chi connectivity index (χ3v) is 4.54. The van der Waals surface area contributed by atoms with Gasteiger partial charge in [-0.1, -0.05) is 18.2 Å². The Kier molecular flexibility index (Phi) is 5.14. The number of hydrogen-bond donors (Lipinski definition) is 1. The molecule has 0 amide bonds. The fraction of sp³-hybridized carbons (Fsp3) is 0.350. The van der Waals surface area contributed by atoms with Crippen LogP contribution in [-0.2, 0) is 24.2 Å². The summed E-state index contributed by atoms with van der Waals surface area (Å²) in [6.07, 6.45) is 3.95. The van der Waals surface area contributed by atoms with E-state index in [-0.39, 0.29) is 5.82 Å². The molecule has 3 nitrogen and oxygen atoms in total. The van der Waals surface area contributed by atoms with Gasteiger partial charge in [0.05, 0.1) is 0 Å². The normalized spacial score (nSPS) is 13.1. The Morgan fingerprint density at radius 1 is 1.25 bits per heavy atom. The Bertz CT molecular complexity index is 730. The first kappa shape index (κ1) is 16.5. The van der Waals surface area contributed by atoms with Crippen molar-refractivity contribution in [2.24, 2.45) is 0 Å². The molecule has 0 unspecified atom stereocenters. The largest absolute Gasteiger partial charge is 0.385 e. The fourth-order valence-corrected chi connectivity index (χ4v) is 3.16. The number of aldehydes is 1. The van der Waals surface area contributed by atoms with Gasteiger partial charge in [-0.25, -0.2) is 4.39 Å². The number of nitrogens with zero attached hydrogens (tertiary/aromatic N) is 1. The standard InChI is InChI=1S/C20H23FN2O/c1-23(18-9-8-16(5-3-11-24)19(21)13-18)14-15-6-7-17-4-2-10-22-20(17)12-15/h6-9,11-13,22H,2-5,10,14H2,1H3. The average Bonchev–Trinajstić information content (AvgIpc) is 2.60. The minimum atomic E-state index is -0.242. The Balaban J connectivity index is 1.71. The maximum atomic E-state index is 14.1. The minimum absolute atomic E-state index is 0.242. The third kappa shape index (κ3) is 3.75. The van der Waals surface area contributed by atoms with E-state index in [9.17, 15) is 9.18 Å². The number of hydrogen-bond acceptors (Lipinski definition) is 3. The first-order valence-electron chi connectivity index (χ1n) is 8.46. The summed E-state index contributed by atoms with van der Waals surface area (Å²) in [7, 11) is 1.97. The zero-order valence-corrected chi connectivity index (χ0v) is 14.0. The summed E-state index contributed by atoms with van der Waals surface area (Å²) in [5.41, 5.74) is 5.24. The molecule has 1 heterocycles. The highest BCUT2D eigenvalue weighted by Gasteiger charge is 2.11. The number of benzene rings is 2. The molecule has 1 N–H and O–H groups in total. The van der Waals surface area contributed by atoms with Crippen LogP contribution in [-0.4, -0.2) is 19.9 Å². The second-order valence-electron chi connectivity index (χ2n) is 6.36. The number of carbonyl (C=O) groups is 1. The Morgan fingerprint density at radius 2 is 2.12 bits per heavy atom. The van der Waals surface area contributed by atoms with E-state index in [0.29, 0.717) is 18.4 Å². The summed E-state index contributed by atoms with van der Waals surface area (Å²) in [6.45, 7) is 1.75. The molecule has 2 aromatic carbocycles. The molecule has 2 aromatic rings. The highest BCUT2D eigenvalue weighted by atomic mass is 19.1. The zero-order chi connectivity index (χ0) is 16.9. The van der Waals surface area contributed by atoms with E-state index >= 15 is 0 Å². The number of rotatable bonds is 6. The van der Waals surface area contributed by atoms with Gasteiger partial charge >= 0.3 is 0 Å². The van der Waals surface area contributed by atoms with Crippen molar-refractivity contribution in [3.8, 4) is 0 Å². The first-order valence-corrected chi connectivity index (χ1v) is 8.46. The van der Waals surface area contributed by atoms with Gasteiger partial charge in [0.2, 0.25) is 0 Å². The Morgan fingerprint density at radius 3 is 2.92 bits per heavy atom. The second-order valence-corrected chi connectivity index (χ2v) is 6.36. The van der Waals surface area contributed by atoms with Gasteiger partial charge < -0.3 is 15.0 Å². The topological polar surface area (TPSA) is 32.3 Å². The molecule has 0 saturated heterocycles. The number of carbonyl (C=O) groups excluding carboxylic acids is 1. The van der Waals surface area contributed by atoms with Crippen LogP contribution >= 0.6 is 0 Å². The fourth-order valence-electron chi connectivity index (χ4n) is 3.16. The molecule has 1 aliphatic rings. The van der Waals surface area contributed by atoms with Crippen molar-refractivity contribution < 1.29 is 9.18 Å². The minimum Gasteiger partial charge on any atom is -0.385 e. The molecule has 0 saturated carbocycles. The number of fused-ring (bicyclic) bond motifs is 1. The van der Waals surface area contributed by atoms with Crippen molar-refractivity contribution in [3.05, 3.63) is 58.9 Å². The number of aryl methyl sites for hydroxylation is 2. The molecule has 3 rings (SSSR count). The quantitative estimate of drug-likeness (QED) is 0.816. The van der Waals surface area contributed by atoms with Gasteiger partial charge in [0, 0.05) is 37.9 Å². The van der Waals surface area contributed by atoms with Crippen LogP contribution in [0.4, 0.5) is 15.8 Å². The van der Waals surface area contributed by atoms with Crippen LogP contribution in [0.3, 0.4) is 0 Å². The molecular formula is C20H23FN2O. The molecule has 0 bridgehead atoms. The molecule has 126 valence electrons. The van der Waals surface area contributed by atoms with E-state index in [2.05, 4.69) is 23.5 Å². The molecule has 24 heavy (non-hydrogen) atoms. The summed E-state index contributed by atoms with van der Waals surface area (Å²) in [4.78, 5) is 12.5. The summed E-state index contributed by atoms with van der Waals surface area (Å²) in [5.74, 6) is -0.242. The van der Waals surface area contributed by atoms with Gasteiger partial charge in [-0.3, -0.25) is 0 Å². The Labute approximate surface area is 142 Å². The van der Waals surface area contributed by atoms with Crippen LogP contribution in [0.5, 0.6) is 0 Å². The van der Waals surface area contributed by atoms with Crippen molar-refractivity contribution in [3.63, 3.8) is 0 Å². The lowest BCUT2D eigenvalue weighted by Crippen LogP contribution is -2.18. The lowest BCUT2D eigenvalue weighted by molar-refractivity contribution is -0.107. The van der Waals surface area contributed by atoms with Crippen LogP contribution in [0.1, 0.15) is 29.5 Å². The van der Waals surface area contributed by atoms with Crippen molar-refractivity contribution in [1.82, 2.24) is 0 Å². The van der Waals surface area contributed by atoms with Gasteiger partial charge in [-0.2, -0.15) is 0 Å². The molecule has 1 aliphatic heterocycles. The van der Waals surface area contributed by atoms with Gasteiger partial charge in [-0.15, -0.1) is 0 Å². The first-order chi connectivity index (χ1) is 11.7. The molecule has 0 fully saturated rings. The number of nitrogens with one attached hydrogen (secondary N) is 1. The van der Waals surface area contributed by atoms with Crippen LogP contribution in [0.15, 0.2) is 36.4 Å². The SMILES string of the molecule is CN(Cc1ccc2c(c1)NCCC2)c1ccc(CCC=O)c(F)c1. The number of halogens is 1. The van der Waals surface area contributed by atoms with E-state index in [1.54, 1.807) is 12.1 Å². The van der Waals surface area contributed by atoms with Crippen molar-refractivity contribution in [2.75, 3.05) is 23.8 Å². The van der Waals surface area contributed by atoms with E-state index in [4.69, 9.17) is 0 Å². The van der Waals surface area contributed by atoms with Crippen molar-refractivity contribution >= 4 is 17.7 Å². The molecule has 0 spiro atoms. The van der Waals surface area contributed by atoms with Crippen LogP contribution in [0.25, 0.3) is 0 Å². The molecular weight excluding hydrogens is 303 g/mol. The molecule has 0 radical (unpaired) electrons. The summed E-state index contributed by atoms with van der Waals surface area (Å²) < 4.78 is 14.1. The molecule has 0 aromatic heterocycles. The van der Waals surface area contributed by atoms with Crippen LogP contribution in [0, 0.1) is 5.82 Å². The van der Waals surface area contributed by atoms with E-state index < -0.39 is 0 Å². The predicted molar refractivity (Wildman–Crippen MR) is 96.1 cm³/mol. The van der Waals surface area contributed by atoms with E-state index in [1.165, 1.54) is 23.2 Å². The highest BCUT2D eigenvalue weighted by Crippen LogP contribution is 2.25. The monoisotopic (exact) mass is 326 g/mol. The average molecular weight is 326 g/mol. The van der Waals surface area contributed by atoms with Crippen LogP contribution in [0.2, 0.25) is 0 Å². The summed E-state index contributed by atoms with van der Waals surface area (Å²) >= 11 is 0. The maximum absolute atomic E-state index is 14.1. The zero-order valence-electron chi connectivity index (χ0n) is 14.0. The lowest BCUT2D eigenvalue weighted by atomic mass is 10.0. The Hall–Kier alpha value is -2.36. The predicted octanol–water partition coefficient (Wildman–Crippen LogP) is 3.95. The molecule has 0 aliphatic carbocycles. The molecule has 0 atom stereocenters. The lowest BCUT2D eigenvalue weighted by Gasteiger charge is -2.23. The second kappa shape index (κ2) is 7.47. The van der Waals surface area contributed by atoms with Gasteiger partial charge in [0.25, 0.3) is 0 Å². The summed E-state index contributed by atoms with van der Waals surface area (Å²) in [5, 5.41) is 3.45. The maximum Gasteiger partial charge on any atom is 0.128 e. The van der Waals surface area contributed by atoms with Crippen LogP contribution < -0.4 is 10.2 Å². The van der Waals surface area contributed by atoms with Gasteiger partial charge in [-0.05, 0) is 54.2 Å². The van der Waals surface area contributed by atoms with Gasteiger partial charge in [0.15, 0.2) is 0 Å². The summed E-state index contributed by atoms with van der Waals surface area (Å²) in [6, 6.07) is 11.8. The van der Waals surface area contributed by atoms with Crippen molar-refractivity contribution in [2.45, 2.75) is 32.2 Å². The third-order valence-electron chi connectivity index (χ3n) is 4.54. The van der Waals surface area contributed by atoms with Crippen molar-refractivity contribution in [1.29, 1.82) is 0 Å². The number of anilines is 2. The smallest absolute Gasteiger partial charge is 0.128 e. The van der Waals surface area contributed by atoms with E-state index in [1.807, 2.05) is 18.0 Å². The highest BCUT2D eigenvalue weighted by molar-refractivity contribution is 5.56. The van der Waals surface area contributed by atoms with Gasteiger partial charge in [0.1, 0.15) is 12.1 Å². The van der Waals surface area contributed by atoms with E-state index in [0.717, 1.165) is 31.5 Å².